The molecule has 43 heavy (non-hydrogen) atoms. The molecule has 222 valence electrons. The van der Waals surface area contributed by atoms with Crippen LogP contribution in [0.1, 0.15) is 47.9 Å². The van der Waals surface area contributed by atoms with E-state index in [1.807, 2.05) is 42.5 Å². The summed E-state index contributed by atoms with van der Waals surface area (Å²) in [5, 5.41) is 13.9. The second-order valence-electron chi connectivity index (χ2n) is 11.1. The number of hydrogen-bond donors (Lipinski definition) is 2. The molecule has 0 bridgehead atoms. The smallest absolute Gasteiger partial charge is 0.271 e. The number of halogens is 3. The van der Waals surface area contributed by atoms with Crippen molar-refractivity contribution in [3.05, 3.63) is 113 Å². The molecule has 6 rings (SSSR count). The predicted molar refractivity (Wildman–Crippen MR) is 171 cm³/mol. The predicted octanol–water partition coefficient (Wildman–Crippen LogP) is 7.15. The standard InChI is InChI=1S/C34H31Cl2FN2O4/c35-22-7-11-27(29(36)18-22)28-4-1-3-21-17-23(38-31-32(40)34(42)33(31)41)8-12-26(21)30(28)20-5-9-24(10-6-20)43-25-13-16-39(19-25)15-2-14-37/h5-12,17-18,25,38,40H,1-4,13-16,19H2. The van der Waals surface area contributed by atoms with Gasteiger partial charge in [0, 0.05) is 35.4 Å². The molecule has 1 aliphatic heterocycles. The highest BCUT2D eigenvalue weighted by atomic mass is 35.5. The Morgan fingerprint density at radius 3 is 2.51 bits per heavy atom. The highest BCUT2D eigenvalue weighted by Crippen LogP contribution is 2.43. The number of nitrogens with zero attached hydrogens (tertiary/aromatic N) is 1. The third kappa shape index (κ3) is 6.07. The van der Waals surface area contributed by atoms with E-state index in [1.54, 1.807) is 6.07 Å². The van der Waals surface area contributed by atoms with Crippen molar-refractivity contribution in [1.82, 2.24) is 4.90 Å². The van der Waals surface area contributed by atoms with Crippen LogP contribution in [-0.4, -0.2) is 42.4 Å². The molecule has 1 heterocycles. The van der Waals surface area contributed by atoms with Crippen LogP contribution in [0, 0.1) is 0 Å². The zero-order valence-corrected chi connectivity index (χ0v) is 25.0. The molecule has 0 aromatic heterocycles. The summed E-state index contributed by atoms with van der Waals surface area (Å²) in [7, 11) is 0. The number of benzene rings is 3. The first-order valence-corrected chi connectivity index (χ1v) is 15.2. The van der Waals surface area contributed by atoms with Gasteiger partial charge in [-0.1, -0.05) is 47.5 Å². The third-order valence-corrected chi connectivity index (χ3v) is 8.79. The fourth-order valence-corrected chi connectivity index (χ4v) is 6.63. The van der Waals surface area contributed by atoms with Crippen molar-refractivity contribution in [3.8, 4) is 11.5 Å². The Balaban J connectivity index is 1.35. The normalized spacial score (nSPS) is 17.2. The van der Waals surface area contributed by atoms with Crippen LogP contribution in [0.4, 0.5) is 15.8 Å². The molecular weight excluding hydrogens is 590 g/mol. The number of anilines is 2. The van der Waals surface area contributed by atoms with E-state index in [1.165, 1.54) is 0 Å². The molecule has 0 spiro atoms. The lowest BCUT2D eigenvalue weighted by atomic mass is 9.87. The number of likely N-dealkylation sites (tertiary alicyclic amines) is 1. The molecule has 4 aromatic carbocycles. The van der Waals surface area contributed by atoms with Gasteiger partial charge >= 0.3 is 0 Å². The van der Waals surface area contributed by atoms with Gasteiger partial charge in [-0.25, -0.2) is 0 Å². The average molecular weight is 622 g/mol. The van der Waals surface area contributed by atoms with Gasteiger partial charge in [-0.15, -0.1) is 0 Å². The molecule has 2 N–H and O–H groups in total. The minimum absolute atomic E-state index is 0.0741. The molecule has 1 fully saturated rings. The van der Waals surface area contributed by atoms with E-state index >= 15 is 0 Å². The fraction of sp³-hybridized carbons (Fsp3) is 0.294. The molecule has 2 aliphatic rings. The van der Waals surface area contributed by atoms with Gasteiger partial charge in [0.1, 0.15) is 17.5 Å². The van der Waals surface area contributed by atoms with E-state index in [9.17, 15) is 19.1 Å². The first kappa shape index (κ1) is 29.4. The average Bonchev–Trinajstić information content (AvgIpc) is 3.37. The number of allylic oxidation sites excluding steroid dienone is 1. The van der Waals surface area contributed by atoms with Gasteiger partial charge in [-0.3, -0.25) is 18.9 Å². The second kappa shape index (κ2) is 12.5. The quantitative estimate of drug-likeness (QED) is 0.194. The number of alkyl halides is 1. The summed E-state index contributed by atoms with van der Waals surface area (Å²) in [5.41, 5.74) is 5.13. The molecule has 0 saturated carbocycles. The summed E-state index contributed by atoms with van der Waals surface area (Å²) in [6, 6.07) is 19.5. The van der Waals surface area contributed by atoms with E-state index in [0.29, 0.717) is 22.2 Å². The number of hydrogen-bond acceptors (Lipinski definition) is 6. The second-order valence-corrected chi connectivity index (χ2v) is 11.9. The lowest BCUT2D eigenvalue weighted by Crippen LogP contribution is -2.32. The molecular formula is C34H31Cl2FN2O4. The Labute approximate surface area is 259 Å². The highest BCUT2D eigenvalue weighted by molar-refractivity contribution is 6.36. The minimum Gasteiger partial charge on any atom is -0.502 e. The van der Waals surface area contributed by atoms with Crippen LogP contribution in [0.15, 0.2) is 70.3 Å². The van der Waals surface area contributed by atoms with Crippen molar-refractivity contribution in [3.63, 3.8) is 0 Å². The summed E-state index contributed by atoms with van der Waals surface area (Å²) >= 11 is 13.0. The van der Waals surface area contributed by atoms with Crippen LogP contribution in [0.3, 0.4) is 0 Å². The summed E-state index contributed by atoms with van der Waals surface area (Å²) < 4.78 is 18.9. The molecule has 6 nitrogen and oxygen atoms in total. The number of nitrogens with one attached hydrogen (secondary N) is 1. The third-order valence-electron chi connectivity index (χ3n) is 8.24. The number of aromatic hydroxyl groups is 1. The zero-order valence-electron chi connectivity index (χ0n) is 23.5. The number of fused-ring (bicyclic) bond motifs is 1. The Kier molecular flexibility index (Phi) is 8.57. The Bertz CT molecular complexity index is 1760. The Morgan fingerprint density at radius 1 is 0.977 bits per heavy atom. The number of aryl methyl sites for hydroxylation is 1. The first-order valence-electron chi connectivity index (χ1n) is 14.5. The SMILES string of the molecule is O=c1c(O)c(Nc2ccc3c(c2)CCCC(c2ccc(Cl)cc2Cl)=C3c2ccc(OC3CCN(CCCF)C3)cc2)c1=O. The van der Waals surface area contributed by atoms with Crippen molar-refractivity contribution >= 4 is 45.7 Å². The Hall–Kier alpha value is -3.65. The van der Waals surface area contributed by atoms with Crippen molar-refractivity contribution in [2.45, 2.75) is 38.2 Å². The maximum Gasteiger partial charge on any atom is 0.271 e. The van der Waals surface area contributed by atoms with Gasteiger partial charge in [0.05, 0.1) is 6.67 Å². The van der Waals surface area contributed by atoms with Gasteiger partial charge in [-0.05, 0) is 102 Å². The topological polar surface area (TPSA) is 78.9 Å². The zero-order chi connectivity index (χ0) is 30.1. The summed E-state index contributed by atoms with van der Waals surface area (Å²) in [6.45, 7) is 2.16. The summed E-state index contributed by atoms with van der Waals surface area (Å²) in [6.07, 6.45) is 3.96. The molecule has 1 unspecified atom stereocenters. The van der Waals surface area contributed by atoms with Crippen molar-refractivity contribution in [1.29, 1.82) is 0 Å². The van der Waals surface area contributed by atoms with Gasteiger partial charge in [-0.2, -0.15) is 0 Å². The molecule has 0 radical (unpaired) electrons. The maximum atomic E-state index is 12.6. The minimum atomic E-state index is -0.874. The van der Waals surface area contributed by atoms with Crippen LogP contribution < -0.4 is 20.9 Å². The fourth-order valence-electron chi connectivity index (χ4n) is 6.11. The number of rotatable bonds is 9. The lowest BCUT2D eigenvalue weighted by Gasteiger charge is -2.20. The van der Waals surface area contributed by atoms with E-state index in [-0.39, 0.29) is 18.5 Å². The van der Waals surface area contributed by atoms with Crippen LogP contribution in [0.5, 0.6) is 11.5 Å². The van der Waals surface area contributed by atoms with E-state index in [2.05, 4.69) is 22.3 Å². The maximum absolute atomic E-state index is 12.6. The molecule has 1 saturated heterocycles. The van der Waals surface area contributed by atoms with Crippen LogP contribution in [-0.2, 0) is 6.42 Å². The van der Waals surface area contributed by atoms with Crippen LogP contribution in [0.25, 0.3) is 11.1 Å². The first-order chi connectivity index (χ1) is 20.8. The molecule has 4 aromatic rings. The van der Waals surface area contributed by atoms with E-state index in [4.69, 9.17) is 27.9 Å². The molecule has 1 atom stereocenters. The lowest BCUT2D eigenvalue weighted by molar-refractivity contribution is 0.198. The highest BCUT2D eigenvalue weighted by Gasteiger charge is 2.26. The molecule has 1 aliphatic carbocycles. The van der Waals surface area contributed by atoms with E-state index < -0.39 is 16.6 Å². The van der Waals surface area contributed by atoms with Crippen molar-refractivity contribution in [2.75, 3.05) is 31.6 Å². The van der Waals surface area contributed by atoms with Crippen molar-refractivity contribution < 1.29 is 14.2 Å². The largest absolute Gasteiger partial charge is 0.502 e. The van der Waals surface area contributed by atoms with Crippen LogP contribution >= 0.6 is 23.2 Å². The van der Waals surface area contributed by atoms with Gasteiger partial charge in [0.2, 0.25) is 0 Å². The monoisotopic (exact) mass is 620 g/mol. The van der Waals surface area contributed by atoms with Gasteiger partial charge in [0.15, 0.2) is 5.75 Å². The van der Waals surface area contributed by atoms with Gasteiger partial charge < -0.3 is 15.2 Å². The summed E-state index contributed by atoms with van der Waals surface area (Å²) in [4.78, 5) is 25.7. The number of ether oxygens (including phenoxy) is 1. The van der Waals surface area contributed by atoms with Gasteiger partial charge in [0.25, 0.3) is 10.9 Å². The van der Waals surface area contributed by atoms with Crippen molar-refractivity contribution in [2.24, 2.45) is 0 Å². The molecule has 9 heteroatoms. The van der Waals surface area contributed by atoms with Crippen LogP contribution in [0.2, 0.25) is 10.0 Å². The Morgan fingerprint density at radius 2 is 1.77 bits per heavy atom. The van der Waals surface area contributed by atoms with E-state index in [0.717, 1.165) is 84.5 Å². The summed E-state index contributed by atoms with van der Waals surface area (Å²) in [5.74, 6) is 0.251. The molecule has 0 amide bonds.